The number of anilines is 1. The number of hydrogen-bond donors (Lipinski definition) is 1. The number of aryl methyl sites for hydroxylation is 1. The van der Waals surface area contributed by atoms with Crippen LogP contribution in [0.2, 0.25) is 0 Å². The molecule has 1 amide bonds. The Balaban J connectivity index is 2.30. The Morgan fingerprint density at radius 3 is 3.33 bits per heavy atom. The number of pyridine rings is 1. The van der Waals surface area contributed by atoms with E-state index in [-0.39, 0.29) is 5.91 Å². The van der Waals surface area contributed by atoms with Crippen LogP contribution in [-0.2, 0) is 11.2 Å². The lowest BCUT2D eigenvalue weighted by atomic mass is 10.1. The van der Waals surface area contributed by atoms with Crippen LogP contribution in [0.3, 0.4) is 0 Å². The molecule has 0 saturated heterocycles. The highest BCUT2D eigenvalue weighted by molar-refractivity contribution is 5.95. The number of nitrogens with one attached hydrogen (secondary N) is 1. The number of nitrogens with zero attached hydrogens (tertiary/aromatic N) is 4. The van der Waals surface area contributed by atoms with Gasteiger partial charge in [0, 0.05) is 11.1 Å². The highest BCUT2D eigenvalue weighted by atomic mass is 16.2. The first kappa shape index (κ1) is 9.48. The number of fused-ring (bicyclic) bond motifs is 1. The van der Waals surface area contributed by atoms with Crippen molar-refractivity contribution >= 4 is 11.7 Å². The van der Waals surface area contributed by atoms with Crippen molar-refractivity contribution in [2.45, 2.75) is 18.9 Å². The molecule has 76 valence electrons. The summed E-state index contributed by atoms with van der Waals surface area (Å²) in [5.74, 6) is 0.281. The summed E-state index contributed by atoms with van der Waals surface area (Å²) in [5, 5.41) is 6.09. The van der Waals surface area contributed by atoms with Crippen molar-refractivity contribution in [2.75, 3.05) is 5.32 Å². The highest BCUT2D eigenvalue weighted by Crippen LogP contribution is 2.20. The highest BCUT2D eigenvalue weighted by Gasteiger charge is 2.22. The summed E-state index contributed by atoms with van der Waals surface area (Å²) >= 11 is 0. The molecular formula is C9H9N5O. The van der Waals surface area contributed by atoms with Crippen LogP contribution < -0.4 is 5.32 Å². The van der Waals surface area contributed by atoms with E-state index in [0.29, 0.717) is 18.7 Å². The summed E-state index contributed by atoms with van der Waals surface area (Å²) in [4.78, 5) is 18.3. The van der Waals surface area contributed by atoms with Gasteiger partial charge in [-0.15, -0.1) is 0 Å². The molecule has 0 saturated carbocycles. The van der Waals surface area contributed by atoms with Gasteiger partial charge in [-0.1, -0.05) is 11.2 Å². The zero-order chi connectivity index (χ0) is 10.7. The van der Waals surface area contributed by atoms with Crippen molar-refractivity contribution in [1.29, 1.82) is 0 Å². The van der Waals surface area contributed by atoms with E-state index in [2.05, 4.69) is 20.3 Å². The Morgan fingerprint density at radius 1 is 1.67 bits per heavy atom. The monoisotopic (exact) mass is 203 g/mol. The number of amides is 1. The van der Waals surface area contributed by atoms with Crippen LogP contribution in [-0.4, -0.2) is 16.9 Å². The molecule has 1 aliphatic heterocycles. The average Bonchev–Trinajstić information content (AvgIpc) is 2.40. The van der Waals surface area contributed by atoms with E-state index in [1.54, 1.807) is 6.20 Å². The summed E-state index contributed by atoms with van der Waals surface area (Å²) in [6, 6.07) is 3.09. The minimum atomic E-state index is -0.635. The molecule has 15 heavy (non-hydrogen) atoms. The van der Waals surface area contributed by atoms with Crippen LogP contribution in [0, 0.1) is 0 Å². The first-order chi connectivity index (χ1) is 7.31. The second-order valence-corrected chi connectivity index (χ2v) is 3.26. The van der Waals surface area contributed by atoms with Crippen molar-refractivity contribution in [1.82, 2.24) is 4.98 Å². The minimum absolute atomic E-state index is 0.287. The van der Waals surface area contributed by atoms with Gasteiger partial charge in [-0.3, -0.25) is 4.79 Å². The molecule has 0 bridgehead atoms. The molecule has 1 aromatic rings. The third kappa shape index (κ3) is 1.89. The lowest BCUT2D eigenvalue weighted by Gasteiger charge is -2.05. The van der Waals surface area contributed by atoms with E-state index in [1.165, 1.54) is 0 Å². The second-order valence-electron chi connectivity index (χ2n) is 3.26. The maximum absolute atomic E-state index is 11.6. The van der Waals surface area contributed by atoms with Crippen LogP contribution in [0.25, 0.3) is 10.4 Å². The molecule has 0 radical (unpaired) electrons. The summed E-state index contributed by atoms with van der Waals surface area (Å²) in [6.45, 7) is 0. The van der Waals surface area contributed by atoms with Gasteiger partial charge in [0.05, 0.1) is 0 Å². The Kier molecular flexibility index (Phi) is 2.51. The Hall–Kier alpha value is -2.07. The molecule has 0 aromatic carbocycles. The lowest BCUT2D eigenvalue weighted by molar-refractivity contribution is -0.117. The smallest absolute Gasteiger partial charge is 0.234 e. The Morgan fingerprint density at radius 2 is 2.53 bits per heavy atom. The second kappa shape index (κ2) is 3.98. The molecule has 1 N–H and O–H groups in total. The first-order valence-electron chi connectivity index (χ1n) is 4.60. The molecule has 2 heterocycles. The molecule has 2 rings (SSSR count). The van der Waals surface area contributed by atoms with E-state index in [0.717, 1.165) is 5.56 Å². The summed E-state index contributed by atoms with van der Waals surface area (Å²) < 4.78 is 0. The fourth-order valence-corrected chi connectivity index (χ4v) is 1.55. The van der Waals surface area contributed by atoms with Crippen LogP contribution in [0.1, 0.15) is 12.0 Å². The van der Waals surface area contributed by atoms with Crippen molar-refractivity contribution in [3.8, 4) is 0 Å². The third-order valence-corrected chi connectivity index (χ3v) is 2.31. The zero-order valence-corrected chi connectivity index (χ0v) is 7.92. The van der Waals surface area contributed by atoms with Gasteiger partial charge in [0.25, 0.3) is 0 Å². The van der Waals surface area contributed by atoms with Gasteiger partial charge in [-0.05, 0) is 30.0 Å². The number of rotatable bonds is 1. The van der Waals surface area contributed by atoms with Crippen LogP contribution >= 0.6 is 0 Å². The Bertz CT molecular complexity index is 438. The lowest BCUT2D eigenvalue weighted by Crippen LogP contribution is -2.24. The van der Waals surface area contributed by atoms with E-state index in [4.69, 9.17) is 5.53 Å². The summed E-state index contributed by atoms with van der Waals surface area (Å²) in [7, 11) is 0. The number of hydrogen-bond acceptors (Lipinski definition) is 3. The van der Waals surface area contributed by atoms with Crippen LogP contribution in [0.4, 0.5) is 5.82 Å². The van der Waals surface area contributed by atoms with E-state index >= 15 is 0 Å². The molecule has 0 aliphatic carbocycles. The maximum Gasteiger partial charge on any atom is 0.234 e. The minimum Gasteiger partial charge on any atom is -0.310 e. The average molecular weight is 203 g/mol. The molecule has 0 spiro atoms. The van der Waals surface area contributed by atoms with Gasteiger partial charge in [0.1, 0.15) is 11.9 Å². The van der Waals surface area contributed by atoms with Gasteiger partial charge >= 0.3 is 0 Å². The SMILES string of the molecule is [N-]=[N+]=NC1CCc2cccnc2NC1=O. The van der Waals surface area contributed by atoms with Gasteiger partial charge in [0.2, 0.25) is 5.91 Å². The third-order valence-electron chi connectivity index (χ3n) is 2.31. The molecule has 0 fully saturated rings. The van der Waals surface area contributed by atoms with E-state index in [1.807, 2.05) is 12.1 Å². The van der Waals surface area contributed by atoms with Crippen molar-refractivity contribution < 1.29 is 4.79 Å². The fourth-order valence-electron chi connectivity index (χ4n) is 1.55. The normalized spacial score (nSPS) is 19.5. The molecule has 1 atom stereocenters. The Labute approximate surface area is 86.0 Å². The zero-order valence-electron chi connectivity index (χ0n) is 7.92. The van der Waals surface area contributed by atoms with Crippen molar-refractivity contribution in [3.05, 3.63) is 34.3 Å². The predicted molar refractivity (Wildman–Crippen MR) is 54.1 cm³/mol. The number of azide groups is 1. The predicted octanol–water partition coefficient (Wildman–Crippen LogP) is 1.65. The van der Waals surface area contributed by atoms with Gasteiger partial charge in [0.15, 0.2) is 0 Å². The van der Waals surface area contributed by atoms with Gasteiger partial charge < -0.3 is 5.32 Å². The maximum atomic E-state index is 11.6. The standard InChI is InChI=1S/C9H9N5O/c10-14-13-7-4-3-6-2-1-5-11-8(6)12-9(7)15/h1-2,5,7H,3-4H2,(H,11,12,15). The van der Waals surface area contributed by atoms with E-state index < -0.39 is 6.04 Å². The molecule has 1 aromatic heterocycles. The van der Waals surface area contributed by atoms with E-state index in [9.17, 15) is 4.79 Å². The number of carbonyl (C=O) groups is 1. The van der Waals surface area contributed by atoms with Crippen LogP contribution in [0.15, 0.2) is 23.4 Å². The number of carbonyl (C=O) groups excluding carboxylic acids is 1. The summed E-state index contributed by atoms with van der Waals surface area (Å²) in [6.07, 6.45) is 2.83. The number of aromatic nitrogens is 1. The van der Waals surface area contributed by atoms with Gasteiger partial charge in [-0.25, -0.2) is 4.98 Å². The van der Waals surface area contributed by atoms with Crippen molar-refractivity contribution in [3.63, 3.8) is 0 Å². The molecular weight excluding hydrogens is 194 g/mol. The largest absolute Gasteiger partial charge is 0.310 e. The van der Waals surface area contributed by atoms with Crippen LogP contribution in [0.5, 0.6) is 0 Å². The van der Waals surface area contributed by atoms with Crippen molar-refractivity contribution in [2.24, 2.45) is 5.11 Å². The fraction of sp³-hybridized carbons (Fsp3) is 0.333. The first-order valence-corrected chi connectivity index (χ1v) is 4.60. The topological polar surface area (TPSA) is 90.8 Å². The molecule has 6 nitrogen and oxygen atoms in total. The summed E-state index contributed by atoms with van der Waals surface area (Å²) in [5.41, 5.74) is 9.28. The quantitative estimate of drug-likeness (QED) is 0.427. The molecule has 6 heteroatoms. The van der Waals surface area contributed by atoms with Gasteiger partial charge in [-0.2, -0.15) is 0 Å². The molecule has 1 unspecified atom stereocenters. The molecule has 1 aliphatic rings.